The molecule has 0 saturated heterocycles. The molecule has 0 aromatic heterocycles. The maximum Gasteiger partial charge on any atom is 0.472 e. The van der Waals surface area contributed by atoms with Gasteiger partial charge in [0.1, 0.15) is 19.3 Å². The van der Waals surface area contributed by atoms with E-state index in [1.807, 2.05) is 0 Å². The van der Waals surface area contributed by atoms with Gasteiger partial charge < -0.3 is 33.8 Å². The molecule has 2 unspecified atom stereocenters. The van der Waals surface area contributed by atoms with Gasteiger partial charge in [-0.25, -0.2) is 9.13 Å². The predicted molar refractivity (Wildman–Crippen MR) is 409 cm³/mol. The Morgan fingerprint density at radius 3 is 0.680 bits per heavy atom. The number of phosphoric ester groups is 2. The van der Waals surface area contributed by atoms with Crippen LogP contribution in [0.4, 0.5) is 0 Å². The van der Waals surface area contributed by atoms with Crippen LogP contribution in [0.2, 0.25) is 0 Å². The van der Waals surface area contributed by atoms with Gasteiger partial charge in [0, 0.05) is 25.7 Å². The molecular weight excluding hydrogens is 1310 g/mol. The first-order chi connectivity index (χ1) is 48.5. The van der Waals surface area contributed by atoms with Crippen molar-refractivity contribution in [2.75, 3.05) is 39.6 Å². The third kappa shape index (κ3) is 74.3. The van der Waals surface area contributed by atoms with E-state index in [1.54, 1.807) is 0 Å². The van der Waals surface area contributed by atoms with Crippen LogP contribution < -0.4 is 0 Å². The van der Waals surface area contributed by atoms with E-state index < -0.39 is 97.5 Å². The Balaban J connectivity index is 5.11. The Morgan fingerprint density at radius 2 is 0.460 bits per heavy atom. The molecule has 0 bridgehead atoms. The minimum Gasteiger partial charge on any atom is -0.462 e. The minimum atomic E-state index is -4.96. The molecule has 0 spiro atoms. The second kappa shape index (κ2) is 73.9. The van der Waals surface area contributed by atoms with E-state index in [1.165, 1.54) is 250 Å². The van der Waals surface area contributed by atoms with Crippen molar-refractivity contribution < 1.29 is 80.2 Å². The maximum atomic E-state index is 13.1. The molecular formula is C81H158O17P2. The number of rotatable bonds is 81. The number of carbonyl (C=O) groups is 4. The van der Waals surface area contributed by atoms with Crippen molar-refractivity contribution in [3.05, 3.63) is 0 Å². The van der Waals surface area contributed by atoms with E-state index in [4.69, 9.17) is 37.0 Å². The van der Waals surface area contributed by atoms with Crippen molar-refractivity contribution in [3.8, 4) is 0 Å². The quantitative estimate of drug-likeness (QED) is 0.0222. The van der Waals surface area contributed by atoms with Crippen molar-refractivity contribution in [1.82, 2.24) is 0 Å². The molecule has 0 aliphatic heterocycles. The Labute approximate surface area is 613 Å². The van der Waals surface area contributed by atoms with E-state index in [0.717, 1.165) is 102 Å². The number of unbranched alkanes of at least 4 members (excludes halogenated alkanes) is 53. The third-order valence-electron chi connectivity index (χ3n) is 19.0. The smallest absolute Gasteiger partial charge is 0.462 e. The molecule has 0 saturated carbocycles. The van der Waals surface area contributed by atoms with Crippen molar-refractivity contribution >= 4 is 39.5 Å². The average molecular weight is 1470 g/mol. The summed E-state index contributed by atoms with van der Waals surface area (Å²) in [6.07, 6.45) is 65.7. The zero-order valence-electron chi connectivity index (χ0n) is 65.3. The minimum absolute atomic E-state index is 0.108. The van der Waals surface area contributed by atoms with Crippen LogP contribution >= 0.6 is 15.6 Å². The molecule has 0 aliphatic carbocycles. The van der Waals surface area contributed by atoms with E-state index in [-0.39, 0.29) is 25.7 Å². The summed E-state index contributed by atoms with van der Waals surface area (Å²) in [6, 6.07) is 0. The molecule has 0 aromatic carbocycles. The van der Waals surface area contributed by atoms with Gasteiger partial charge in [0.2, 0.25) is 0 Å². The first-order valence-corrected chi connectivity index (χ1v) is 45.1. The summed E-state index contributed by atoms with van der Waals surface area (Å²) < 4.78 is 68.5. The van der Waals surface area contributed by atoms with Gasteiger partial charge >= 0.3 is 39.5 Å². The van der Waals surface area contributed by atoms with E-state index >= 15 is 0 Å². The maximum absolute atomic E-state index is 13.1. The van der Waals surface area contributed by atoms with Crippen LogP contribution in [0, 0.1) is 5.92 Å². The summed E-state index contributed by atoms with van der Waals surface area (Å²) in [6.45, 7) is 7.27. The van der Waals surface area contributed by atoms with Crippen LogP contribution in [0.15, 0.2) is 0 Å². The zero-order valence-corrected chi connectivity index (χ0v) is 67.1. The first-order valence-electron chi connectivity index (χ1n) is 42.1. The number of esters is 4. The summed E-state index contributed by atoms with van der Waals surface area (Å²) >= 11 is 0. The summed E-state index contributed by atoms with van der Waals surface area (Å²) in [7, 11) is -9.91. The first kappa shape index (κ1) is 98.1. The monoisotopic (exact) mass is 1470 g/mol. The second-order valence-corrected chi connectivity index (χ2v) is 32.5. The second-order valence-electron chi connectivity index (χ2n) is 29.6. The lowest BCUT2D eigenvalue weighted by atomic mass is 10.0. The summed E-state index contributed by atoms with van der Waals surface area (Å²) in [5.41, 5.74) is 0. The largest absolute Gasteiger partial charge is 0.472 e. The SMILES string of the molecule is CCCCCCCCCCCCCCCCCCCCCC(=O)O[C@H](COC(=O)CCCCCCCCCCCCCCCCCC(C)C)COP(=O)(O)OC[C@@H](O)COP(=O)(O)OC[C@@H](COC(=O)CCCCCCC)OC(=O)CCCCCCCCCCCCCCCCCCCC. The Kier molecular flexibility index (Phi) is 72.5. The lowest BCUT2D eigenvalue weighted by Gasteiger charge is -2.21. The molecule has 0 amide bonds. The number of ether oxygens (including phenoxy) is 4. The fourth-order valence-corrected chi connectivity index (χ4v) is 14.2. The standard InChI is InChI=1S/C81H158O17P2/c1-6-9-12-15-17-19-21-23-25-27-29-31-35-40-44-48-52-57-62-67-81(86)98-77(71-92-79(84)65-60-55-50-46-42-38-36-32-33-37-41-45-49-54-58-63-74(4)5)73-96-100(89,90)94-69-75(82)68-93-99(87,88)95-72-76(70-91-78(83)64-59-53-14-11-8-3)97-80(85)66-61-56-51-47-43-39-34-30-28-26-24-22-20-18-16-13-10-7-2/h74-77,82H,6-73H2,1-5H3,(H,87,88)(H,89,90)/t75-,76+,77+/m0/s1. The number of aliphatic hydroxyl groups is 1. The molecule has 100 heavy (non-hydrogen) atoms. The molecule has 0 fully saturated rings. The lowest BCUT2D eigenvalue weighted by molar-refractivity contribution is -0.161. The van der Waals surface area contributed by atoms with E-state index in [9.17, 15) is 43.2 Å². The Hall–Kier alpha value is -1.94. The van der Waals surface area contributed by atoms with Crippen LogP contribution in [0.5, 0.6) is 0 Å². The van der Waals surface area contributed by atoms with Crippen molar-refractivity contribution in [3.63, 3.8) is 0 Å². The van der Waals surface area contributed by atoms with Gasteiger partial charge in [-0.2, -0.15) is 0 Å². The fourth-order valence-electron chi connectivity index (χ4n) is 12.6. The van der Waals surface area contributed by atoms with Crippen LogP contribution in [0.3, 0.4) is 0 Å². The van der Waals surface area contributed by atoms with Gasteiger partial charge in [-0.1, -0.05) is 381 Å². The number of carbonyl (C=O) groups excluding carboxylic acids is 4. The van der Waals surface area contributed by atoms with E-state index in [0.29, 0.717) is 25.7 Å². The Bertz CT molecular complexity index is 1910. The van der Waals surface area contributed by atoms with Crippen LogP contribution in [-0.2, 0) is 65.4 Å². The molecule has 0 rings (SSSR count). The van der Waals surface area contributed by atoms with Crippen LogP contribution in [0.25, 0.3) is 0 Å². The molecule has 5 atom stereocenters. The number of hydrogen-bond acceptors (Lipinski definition) is 15. The van der Waals surface area contributed by atoms with Gasteiger partial charge in [0.25, 0.3) is 0 Å². The average Bonchev–Trinajstić information content (AvgIpc) is 0.936. The van der Waals surface area contributed by atoms with Crippen molar-refractivity contribution in [2.24, 2.45) is 5.92 Å². The van der Waals surface area contributed by atoms with E-state index in [2.05, 4.69) is 34.6 Å². The third-order valence-corrected chi connectivity index (χ3v) is 20.9. The highest BCUT2D eigenvalue weighted by molar-refractivity contribution is 7.47. The Morgan fingerprint density at radius 1 is 0.270 bits per heavy atom. The number of aliphatic hydroxyl groups excluding tert-OH is 1. The van der Waals surface area contributed by atoms with Gasteiger partial charge in [-0.05, 0) is 31.6 Å². The van der Waals surface area contributed by atoms with Gasteiger partial charge in [-0.15, -0.1) is 0 Å². The number of hydrogen-bond donors (Lipinski definition) is 3. The van der Waals surface area contributed by atoms with Gasteiger partial charge in [0.15, 0.2) is 12.2 Å². The summed E-state index contributed by atoms with van der Waals surface area (Å²) in [5.74, 6) is -1.31. The zero-order chi connectivity index (χ0) is 73.4. The normalized spacial score (nSPS) is 13.8. The molecule has 0 radical (unpaired) electrons. The molecule has 0 aromatic rings. The van der Waals surface area contributed by atoms with Gasteiger partial charge in [0.05, 0.1) is 26.4 Å². The summed E-state index contributed by atoms with van der Waals surface area (Å²) in [5, 5.41) is 10.6. The van der Waals surface area contributed by atoms with Gasteiger partial charge in [-0.3, -0.25) is 37.3 Å². The molecule has 17 nitrogen and oxygen atoms in total. The molecule has 3 N–H and O–H groups in total. The van der Waals surface area contributed by atoms with Crippen molar-refractivity contribution in [2.45, 2.75) is 451 Å². The summed E-state index contributed by atoms with van der Waals surface area (Å²) in [4.78, 5) is 72.7. The number of phosphoric acid groups is 2. The highest BCUT2D eigenvalue weighted by atomic mass is 31.2. The van der Waals surface area contributed by atoms with Crippen LogP contribution in [0.1, 0.15) is 433 Å². The highest BCUT2D eigenvalue weighted by Gasteiger charge is 2.30. The highest BCUT2D eigenvalue weighted by Crippen LogP contribution is 2.45. The molecule has 0 aliphatic rings. The van der Waals surface area contributed by atoms with Crippen LogP contribution in [-0.4, -0.2) is 96.7 Å². The molecule has 594 valence electrons. The molecule has 19 heteroatoms. The predicted octanol–water partition coefficient (Wildman–Crippen LogP) is 24.4. The lowest BCUT2D eigenvalue weighted by Crippen LogP contribution is -2.30. The fraction of sp³-hybridized carbons (Fsp3) is 0.951. The molecule has 0 heterocycles. The van der Waals surface area contributed by atoms with Crippen molar-refractivity contribution in [1.29, 1.82) is 0 Å². The topological polar surface area (TPSA) is 237 Å².